The van der Waals surface area contributed by atoms with Gasteiger partial charge in [0.1, 0.15) is 0 Å². The molecule has 0 radical (unpaired) electrons. The highest BCUT2D eigenvalue weighted by molar-refractivity contribution is 6.06. The number of pyridine rings is 1. The second-order valence-electron chi connectivity index (χ2n) is 7.12. The number of carbonyl (C=O) groups is 2. The van der Waals surface area contributed by atoms with E-state index in [0.29, 0.717) is 37.3 Å². The number of ether oxygens (including phenoxy) is 1. The maximum Gasteiger partial charge on any atom is 0.359 e. The molecular weight excluding hydrogens is 368 g/mol. The molecule has 0 atom stereocenters. The number of rotatable bonds is 4. The quantitative estimate of drug-likeness (QED) is 0.638. The van der Waals surface area contributed by atoms with Crippen molar-refractivity contribution in [3.8, 4) is 0 Å². The lowest BCUT2D eigenvalue weighted by molar-refractivity contribution is 0.0513. The maximum absolute atomic E-state index is 13.4. The molecule has 3 aromatic rings. The van der Waals surface area contributed by atoms with Crippen LogP contribution in [-0.2, 0) is 24.2 Å². The van der Waals surface area contributed by atoms with Gasteiger partial charge in [0, 0.05) is 41.8 Å². The maximum atomic E-state index is 13.4. The predicted octanol–water partition coefficient (Wildman–Crippen LogP) is 3.13. The third kappa shape index (κ3) is 3.37. The van der Waals surface area contributed by atoms with Gasteiger partial charge in [-0.05, 0) is 32.9 Å². The Morgan fingerprint density at radius 1 is 1.21 bits per heavy atom. The van der Waals surface area contributed by atoms with E-state index in [1.54, 1.807) is 11.8 Å². The monoisotopic (exact) mass is 392 g/mol. The number of aromatic nitrogens is 3. The second kappa shape index (κ2) is 7.66. The first kappa shape index (κ1) is 19.1. The molecule has 0 spiro atoms. The van der Waals surface area contributed by atoms with Gasteiger partial charge in [-0.3, -0.25) is 14.5 Å². The summed E-state index contributed by atoms with van der Waals surface area (Å²) in [6, 6.07) is 9.50. The van der Waals surface area contributed by atoms with Crippen molar-refractivity contribution in [2.75, 3.05) is 13.2 Å². The number of hydrogen-bond acceptors (Lipinski definition) is 5. The van der Waals surface area contributed by atoms with Crippen LogP contribution in [-0.4, -0.2) is 44.7 Å². The largest absolute Gasteiger partial charge is 0.461 e. The van der Waals surface area contributed by atoms with Crippen LogP contribution < -0.4 is 0 Å². The van der Waals surface area contributed by atoms with Gasteiger partial charge in [0.2, 0.25) is 0 Å². The first-order valence-corrected chi connectivity index (χ1v) is 9.94. The first-order chi connectivity index (χ1) is 14.0. The molecule has 0 fully saturated rings. The van der Waals surface area contributed by atoms with E-state index in [-0.39, 0.29) is 12.5 Å². The van der Waals surface area contributed by atoms with Crippen molar-refractivity contribution in [1.82, 2.24) is 19.7 Å². The fraction of sp³-hybridized carbons (Fsp3) is 0.364. The van der Waals surface area contributed by atoms with E-state index in [2.05, 4.69) is 10.1 Å². The number of para-hydroxylation sites is 1. The summed E-state index contributed by atoms with van der Waals surface area (Å²) in [4.78, 5) is 32.1. The Kier molecular flexibility index (Phi) is 5.05. The molecule has 0 saturated heterocycles. The number of aryl methyl sites for hydroxylation is 2. The predicted molar refractivity (Wildman–Crippen MR) is 109 cm³/mol. The van der Waals surface area contributed by atoms with Crippen LogP contribution in [0.5, 0.6) is 0 Å². The average Bonchev–Trinajstić information content (AvgIpc) is 3.11. The molecule has 0 saturated carbocycles. The van der Waals surface area contributed by atoms with Crippen molar-refractivity contribution < 1.29 is 14.3 Å². The van der Waals surface area contributed by atoms with Gasteiger partial charge in [0.05, 0.1) is 24.2 Å². The van der Waals surface area contributed by atoms with Crippen LogP contribution in [0.15, 0.2) is 30.3 Å². The van der Waals surface area contributed by atoms with Crippen LogP contribution in [0, 0.1) is 6.92 Å². The van der Waals surface area contributed by atoms with Gasteiger partial charge in [-0.2, -0.15) is 5.10 Å². The normalized spacial score (nSPS) is 13.4. The van der Waals surface area contributed by atoms with E-state index >= 15 is 0 Å². The van der Waals surface area contributed by atoms with Crippen molar-refractivity contribution in [3.63, 3.8) is 0 Å². The smallest absolute Gasteiger partial charge is 0.359 e. The Hall–Kier alpha value is -3.22. The first-order valence-electron chi connectivity index (χ1n) is 9.94. The molecule has 1 aliphatic rings. The highest BCUT2D eigenvalue weighted by Crippen LogP contribution is 2.27. The molecule has 1 aliphatic heterocycles. The van der Waals surface area contributed by atoms with Crippen LogP contribution in [0.4, 0.5) is 0 Å². The van der Waals surface area contributed by atoms with Crippen LogP contribution in [0.3, 0.4) is 0 Å². The van der Waals surface area contributed by atoms with E-state index in [1.165, 1.54) is 0 Å². The van der Waals surface area contributed by atoms with E-state index < -0.39 is 5.97 Å². The fourth-order valence-electron chi connectivity index (χ4n) is 3.94. The van der Waals surface area contributed by atoms with Gasteiger partial charge in [-0.15, -0.1) is 0 Å². The molecule has 0 bridgehead atoms. The molecule has 7 nitrogen and oxygen atoms in total. The van der Waals surface area contributed by atoms with E-state index in [0.717, 1.165) is 27.9 Å². The van der Waals surface area contributed by atoms with E-state index in [9.17, 15) is 9.59 Å². The zero-order chi connectivity index (χ0) is 20.5. The van der Waals surface area contributed by atoms with Gasteiger partial charge in [0.25, 0.3) is 5.91 Å². The van der Waals surface area contributed by atoms with Crippen LogP contribution in [0.25, 0.3) is 10.9 Å². The Morgan fingerprint density at radius 3 is 2.76 bits per heavy atom. The Labute approximate surface area is 169 Å². The van der Waals surface area contributed by atoms with Crippen LogP contribution >= 0.6 is 0 Å². The molecule has 7 heteroatoms. The molecule has 0 aliphatic carbocycles. The molecule has 29 heavy (non-hydrogen) atoms. The van der Waals surface area contributed by atoms with Gasteiger partial charge >= 0.3 is 5.97 Å². The summed E-state index contributed by atoms with van der Waals surface area (Å²) in [5, 5.41) is 5.29. The van der Waals surface area contributed by atoms with Gasteiger partial charge in [-0.1, -0.05) is 18.2 Å². The third-order valence-electron chi connectivity index (χ3n) is 5.26. The number of benzene rings is 1. The lowest BCUT2D eigenvalue weighted by Gasteiger charge is -2.28. The van der Waals surface area contributed by atoms with E-state index in [4.69, 9.17) is 4.74 Å². The van der Waals surface area contributed by atoms with Crippen molar-refractivity contribution in [2.45, 2.75) is 40.3 Å². The van der Waals surface area contributed by atoms with E-state index in [1.807, 2.05) is 48.9 Å². The number of hydrogen-bond donors (Lipinski definition) is 0. The van der Waals surface area contributed by atoms with Crippen molar-refractivity contribution in [1.29, 1.82) is 0 Å². The number of carbonyl (C=O) groups excluding carboxylic acids is 2. The topological polar surface area (TPSA) is 77.3 Å². The van der Waals surface area contributed by atoms with Crippen molar-refractivity contribution >= 4 is 22.8 Å². The number of amides is 1. The SMILES string of the molecule is CCOC(=O)c1nn(CC)c2c1CN(C(=O)c1cc(C)nc3ccccc13)CC2. The third-order valence-corrected chi connectivity index (χ3v) is 5.26. The Balaban J connectivity index is 1.71. The molecular formula is C22H24N4O3. The fourth-order valence-corrected chi connectivity index (χ4v) is 3.94. The number of nitrogens with zero attached hydrogens (tertiary/aromatic N) is 4. The molecule has 2 aromatic heterocycles. The Bertz CT molecular complexity index is 1100. The molecule has 3 heterocycles. The molecule has 0 unspecified atom stereocenters. The number of fused-ring (bicyclic) bond motifs is 2. The van der Waals surface area contributed by atoms with Gasteiger partial charge < -0.3 is 9.64 Å². The van der Waals surface area contributed by atoms with Gasteiger partial charge in [0.15, 0.2) is 5.69 Å². The number of esters is 1. The van der Waals surface area contributed by atoms with Crippen molar-refractivity contribution in [3.05, 3.63) is 58.5 Å². The summed E-state index contributed by atoms with van der Waals surface area (Å²) in [5.41, 5.74) is 4.36. The Morgan fingerprint density at radius 2 is 2.00 bits per heavy atom. The molecule has 0 N–H and O–H groups in total. The average molecular weight is 392 g/mol. The lowest BCUT2D eigenvalue weighted by Crippen LogP contribution is -2.37. The highest BCUT2D eigenvalue weighted by atomic mass is 16.5. The second-order valence-corrected chi connectivity index (χ2v) is 7.12. The zero-order valence-electron chi connectivity index (χ0n) is 16.9. The standard InChI is InChI=1S/C22H24N4O3/c1-4-26-19-10-11-25(13-17(19)20(24-26)22(28)29-5-2)21(27)16-12-14(3)23-18-9-7-6-8-15(16)18/h6-9,12H,4-5,10-11,13H2,1-3H3. The molecule has 1 amide bonds. The lowest BCUT2D eigenvalue weighted by atomic mass is 10.0. The summed E-state index contributed by atoms with van der Waals surface area (Å²) in [5.74, 6) is -0.494. The summed E-state index contributed by atoms with van der Waals surface area (Å²) in [6.45, 7) is 7.54. The zero-order valence-corrected chi connectivity index (χ0v) is 16.9. The molecule has 4 rings (SSSR count). The summed E-state index contributed by atoms with van der Waals surface area (Å²) in [7, 11) is 0. The minimum atomic E-state index is -0.435. The summed E-state index contributed by atoms with van der Waals surface area (Å²) >= 11 is 0. The highest BCUT2D eigenvalue weighted by Gasteiger charge is 2.31. The molecule has 1 aromatic carbocycles. The van der Waals surface area contributed by atoms with Gasteiger partial charge in [-0.25, -0.2) is 4.79 Å². The van der Waals surface area contributed by atoms with Crippen molar-refractivity contribution in [2.24, 2.45) is 0 Å². The summed E-state index contributed by atoms with van der Waals surface area (Å²) in [6.07, 6.45) is 0.656. The minimum Gasteiger partial charge on any atom is -0.461 e. The summed E-state index contributed by atoms with van der Waals surface area (Å²) < 4.78 is 7.02. The van der Waals surface area contributed by atoms with Crippen LogP contribution in [0.2, 0.25) is 0 Å². The molecule has 150 valence electrons. The minimum absolute atomic E-state index is 0.0589. The van der Waals surface area contributed by atoms with Crippen LogP contribution in [0.1, 0.15) is 51.6 Å².